The molecule has 0 aliphatic heterocycles. The van der Waals surface area contributed by atoms with E-state index in [2.05, 4.69) is 15.6 Å². The SMILES string of the molecule is CCOC(=O)c1ccccc1NCC(=O)NCc1ccccn1. The van der Waals surface area contributed by atoms with Gasteiger partial charge in [0.25, 0.3) is 0 Å². The molecule has 6 nitrogen and oxygen atoms in total. The van der Waals surface area contributed by atoms with Gasteiger partial charge in [0.05, 0.1) is 31.0 Å². The number of hydrogen-bond acceptors (Lipinski definition) is 5. The first-order chi connectivity index (χ1) is 11.2. The maximum Gasteiger partial charge on any atom is 0.340 e. The molecule has 0 atom stereocenters. The van der Waals surface area contributed by atoms with E-state index in [1.165, 1.54) is 0 Å². The molecule has 1 heterocycles. The van der Waals surface area contributed by atoms with Gasteiger partial charge in [-0.2, -0.15) is 0 Å². The molecule has 23 heavy (non-hydrogen) atoms. The summed E-state index contributed by atoms with van der Waals surface area (Å²) in [6, 6.07) is 12.4. The number of ether oxygens (including phenoxy) is 1. The van der Waals surface area contributed by atoms with Crippen LogP contribution >= 0.6 is 0 Å². The quantitative estimate of drug-likeness (QED) is 0.764. The number of aromatic nitrogens is 1. The second-order valence-electron chi connectivity index (χ2n) is 4.72. The minimum Gasteiger partial charge on any atom is -0.462 e. The number of para-hydroxylation sites is 1. The zero-order valence-corrected chi connectivity index (χ0v) is 12.9. The number of benzene rings is 1. The van der Waals surface area contributed by atoms with Crippen LogP contribution < -0.4 is 10.6 Å². The zero-order chi connectivity index (χ0) is 16.5. The number of hydrogen-bond donors (Lipinski definition) is 2. The number of pyridine rings is 1. The number of amides is 1. The van der Waals surface area contributed by atoms with Crippen molar-refractivity contribution in [3.8, 4) is 0 Å². The van der Waals surface area contributed by atoms with Crippen molar-refractivity contribution < 1.29 is 14.3 Å². The largest absolute Gasteiger partial charge is 0.462 e. The Labute approximate surface area is 134 Å². The summed E-state index contributed by atoms with van der Waals surface area (Å²) in [5.74, 6) is -0.598. The lowest BCUT2D eigenvalue weighted by molar-refractivity contribution is -0.119. The van der Waals surface area contributed by atoms with E-state index in [1.807, 2.05) is 18.2 Å². The highest BCUT2D eigenvalue weighted by molar-refractivity contribution is 5.96. The van der Waals surface area contributed by atoms with Crippen molar-refractivity contribution in [2.45, 2.75) is 13.5 Å². The Hall–Kier alpha value is -2.89. The van der Waals surface area contributed by atoms with E-state index in [4.69, 9.17) is 4.74 Å². The van der Waals surface area contributed by atoms with Crippen LogP contribution in [0.25, 0.3) is 0 Å². The van der Waals surface area contributed by atoms with Gasteiger partial charge in [-0.3, -0.25) is 9.78 Å². The third-order valence-corrected chi connectivity index (χ3v) is 3.05. The summed E-state index contributed by atoms with van der Waals surface area (Å²) in [6.07, 6.45) is 1.68. The van der Waals surface area contributed by atoms with Crippen LogP contribution in [-0.2, 0) is 16.1 Å². The maximum absolute atomic E-state index is 11.9. The number of rotatable bonds is 7. The lowest BCUT2D eigenvalue weighted by Gasteiger charge is -2.11. The van der Waals surface area contributed by atoms with Crippen LogP contribution in [0.15, 0.2) is 48.7 Å². The third-order valence-electron chi connectivity index (χ3n) is 3.05. The van der Waals surface area contributed by atoms with Gasteiger partial charge in [0.1, 0.15) is 0 Å². The predicted molar refractivity (Wildman–Crippen MR) is 87.0 cm³/mol. The maximum atomic E-state index is 11.9. The smallest absolute Gasteiger partial charge is 0.340 e. The molecule has 6 heteroatoms. The molecule has 1 aromatic heterocycles. The lowest BCUT2D eigenvalue weighted by Crippen LogP contribution is -2.30. The molecule has 2 aromatic rings. The van der Waals surface area contributed by atoms with E-state index >= 15 is 0 Å². The highest BCUT2D eigenvalue weighted by Crippen LogP contribution is 2.15. The molecule has 120 valence electrons. The Morgan fingerprint density at radius 3 is 2.65 bits per heavy atom. The molecule has 0 radical (unpaired) electrons. The minimum atomic E-state index is -0.413. The summed E-state index contributed by atoms with van der Waals surface area (Å²) in [4.78, 5) is 27.9. The molecule has 0 saturated heterocycles. The van der Waals surface area contributed by atoms with Crippen molar-refractivity contribution in [1.82, 2.24) is 10.3 Å². The van der Waals surface area contributed by atoms with E-state index in [-0.39, 0.29) is 12.5 Å². The molecule has 2 rings (SSSR count). The average Bonchev–Trinajstić information content (AvgIpc) is 2.59. The van der Waals surface area contributed by atoms with Crippen LogP contribution in [0.2, 0.25) is 0 Å². The molecule has 1 amide bonds. The van der Waals surface area contributed by atoms with E-state index in [0.29, 0.717) is 24.4 Å². The van der Waals surface area contributed by atoms with Crippen LogP contribution in [-0.4, -0.2) is 30.0 Å². The van der Waals surface area contributed by atoms with Crippen molar-refractivity contribution in [3.05, 3.63) is 59.9 Å². The monoisotopic (exact) mass is 313 g/mol. The van der Waals surface area contributed by atoms with Crippen LogP contribution in [0.1, 0.15) is 23.0 Å². The van der Waals surface area contributed by atoms with Crippen molar-refractivity contribution in [2.75, 3.05) is 18.5 Å². The summed E-state index contributed by atoms with van der Waals surface area (Å²) in [7, 11) is 0. The average molecular weight is 313 g/mol. The van der Waals surface area contributed by atoms with Crippen LogP contribution in [0.4, 0.5) is 5.69 Å². The number of nitrogens with one attached hydrogen (secondary N) is 2. The molecule has 0 unspecified atom stereocenters. The number of nitrogens with zero attached hydrogens (tertiary/aromatic N) is 1. The summed E-state index contributed by atoms with van der Waals surface area (Å²) in [5.41, 5.74) is 1.76. The van der Waals surface area contributed by atoms with E-state index in [1.54, 1.807) is 37.4 Å². The highest BCUT2D eigenvalue weighted by atomic mass is 16.5. The predicted octanol–water partition coefficient (Wildman–Crippen LogP) is 1.99. The van der Waals surface area contributed by atoms with Crippen molar-refractivity contribution in [2.24, 2.45) is 0 Å². The van der Waals surface area contributed by atoms with Gasteiger partial charge in [0, 0.05) is 11.9 Å². The summed E-state index contributed by atoms with van der Waals surface area (Å²) in [5, 5.41) is 5.72. The first kappa shape index (κ1) is 16.5. The fourth-order valence-corrected chi connectivity index (χ4v) is 1.95. The van der Waals surface area contributed by atoms with E-state index < -0.39 is 5.97 Å². The molecule has 1 aromatic carbocycles. The van der Waals surface area contributed by atoms with Crippen LogP contribution in [0.5, 0.6) is 0 Å². The Kier molecular flexibility index (Phi) is 6.11. The van der Waals surface area contributed by atoms with Gasteiger partial charge in [-0.25, -0.2) is 4.79 Å². The Morgan fingerprint density at radius 2 is 1.91 bits per heavy atom. The van der Waals surface area contributed by atoms with Gasteiger partial charge in [-0.1, -0.05) is 18.2 Å². The van der Waals surface area contributed by atoms with Crippen LogP contribution in [0.3, 0.4) is 0 Å². The van der Waals surface area contributed by atoms with Crippen LogP contribution in [0, 0.1) is 0 Å². The second-order valence-corrected chi connectivity index (χ2v) is 4.72. The van der Waals surface area contributed by atoms with Gasteiger partial charge in [0.2, 0.25) is 5.91 Å². The van der Waals surface area contributed by atoms with Gasteiger partial charge in [-0.15, -0.1) is 0 Å². The number of carbonyl (C=O) groups excluding carboxylic acids is 2. The third kappa shape index (κ3) is 5.10. The molecule has 0 bridgehead atoms. The van der Waals surface area contributed by atoms with Gasteiger partial charge < -0.3 is 15.4 Å². The fourth-order valence-electron chi connectivity index (χ4n) is 1.95. The van der Waals surface area contributed by atoms with E-state index in [9.17, 15) is 9.59 Å². The molecule has 0 saturated carbocycles. The molecule has 0 aliphatic carbocycles. The van der Waals surface area contributed by atoms with Crippen molar-refractivity contribution in [1.29, 1.82) is 0 Å². The lowest BCUT2D eigenvalue weighted by atomic mass is 10.2. The molecule has 0 spiro atoms. The minimum absolute atomic E-state index is 0.0588. The number of carbonyl (C=O) groups is 2. The van der Waals surface area contributed by atoms with Crippen molar-refractivity contribution >= 4 is 17.6 Å². The molecular weight excluding hydrogens is 294 g/mol. The topological polar surface area (TPSA) is 80.3 Å². The zero-order valence-electron chi connectivity index (χ0n) is 12.9. The Bertz CT molecular complexity index is 659. The first-order valence-electron chi connectivity index (χ1n) is 7.37. The van der Waals surface area contributed by atoms with E-state index in [0.717, 1.165) is 5.69 Å². The second kappa shape index (κ2) is 8.53. The summed E-state index contributed by atoms with van der Waals surface area (Å²) in [6.45, 7) is 2.47. The Morgan fingerprint density at radius 1 is 1.13 bits per heavy atom. The van der Waals surface area contributed by atoms with Gasteiger partial charge in [-0.05, 0) is 31.2 Å². The molecular formula is C17H19N3O3. The van der Waals surface area contributed by atoms with Crippen molar-refractivity contribution in [3.63, 3.8) is 0 Å². The molecule has 2 N–H and O–H groups in total. The fraction of sp³-hybridized carbons (Fsp3) is 0.235. The molecule has 0 fully saturated rings. The summed E-state index contributed by atoms with van der Waals surface area (Å²) < 4.78 is 4.99. The summed E-state index contributed by atoms with van der Waals surface area (Å²) >= 11 is 0. The number of anilines is 1. The molecule has 0 aliphatic rings. The van der Waals surface area contributed by atoms with Gasteiger partial charge in [0.15, 0.2) is 0 Å². The normalized spacial score (nSPS) is 9.96. The number of esters is 1. The first-order valence-corrected chi connectivity index (χ1v) is 7.37. The standard InChI is InChI=1S/C17H19N3O3/c1-2-23-17(22)14-8-3-4-9-15(14)19-12-16(21)20-11-13-7-5-6-10-18-13/h3-10,19H,2,11-12H2,1H3,(H,20,21). The van der Waals surface area contributed by atoms with Gasteiger partial charge >= 0.3 is 5.97 Å². The Balaban J connectivity index is 1.88. The highest BCUT2D eigenvalue weighted by Gasteiger charge is 2.12.